The topological polar surface area (TPSA) is 46.5 Å². The van der Waals surface area contributed by atoms with Gasteiger partial charge in [0.05, 0.1) is 19.6 Å². The highest BCUT2D eigenvalue weighted by Crippen LogP contribution is 2.27. The van der Waals surface area contributed by atoms with Gasteiger partial charge in [-0.15, -0.1) is 11.8 Å². The van der Waals surface area contributed by atoms with E-state index in [0.717, 1.165) is 10.5 Å². The van der Waals surface area contributed by atoms with Gasteiger partial charge in [0.1, 0.15) is 0 Å². The molecule has 0 amide bonds. The van der Waals surface area contributed by atoms with Crippen molar-refractivity contribution in [3.63, 3.8) is 0 Å². The van der Waals surface area contributed by atoms with Gasteiger partial charge in [0, 0.05) is 4.90 Å². The molecular weight excluding hydrogens is 212 g/mol. The number of aliphatic hydroxyl groups is 1. The Balaban J connectivity index is 2.80. The Bertz CT molecular complexity index is 338. The van der Waals surface area contributed by atoms with Gasteiger partial charge >= 0.3 is 5.97 Å². The largest absolute Gasteiger partial charge is 0.469 e. The number of hydrogen-bond acceptors (Lipinski definition) is 4. The van der Waals surface area contributed by atoms with Gasteiger partial charge < -0.3 is 9.84 Å². The summed E-state index contributed by atoms with van der Waals surface area (Å²) >= 11 is 1.55. The van der Waals surface area contributed by atoms with Crippen LogP contribution in [0.4, 0.5) is 0 Å². The van der Waals surface area contributed by atoms with Gasteiger partial charge in [-0.1, -0.05) is 18.2 Å². The van der Waals surface area contributed by atoms with Gasteiger partial charge in [0.15, 0.2) is 0 Å². The Labute approximate surface area is 93.4 Å². The summed E-state index contributed by atoms with van der Waals surface area (Å²) in [4.78, 5) is 12.0. The van der Waals surface area contributed by atoms with Gasteiger partial charge in [-0.2, -0.15) is 0 Å². The third-order valence-corrected chi connectivity index (χ3v) is 2.90. The number of ether oxygens (including phenoxy) is 1. The summed E-state index contributed by atoms with van der Waals surface area (Å²) < 4.78 is 4.51. The fourth-order valence-electron chi connectivity index (χ4n) is 1.29. The third-order valence-electron chi connectivity index (χ3n) is 2.09. The molecule has 0 saturated carbocycles. The van der Waals surface area contributed by atoms with Crippen molar-refractivity contribution in [1.29, 1.82) is 0 Å². The minimum absolute atomic E-state index is 0.00588. The molecule has 1 rings (SSSR count). The Morgan fingerprint density at radius 1 is 1.53 bits per heavy atom. The van der Waals surface area contributed by atoms with Gasteiger partial charge in [0.25, 0.3) is 0 Å². The van der Waals surface area contributed by atoms with Crippen LogP contribution in [0.15, 0.2) is 29.2 Å². The fraction of sp³-hybridized carbons (Fsp3) is 0.364. The second-order valence-electron chi connectivity index (χ2n) is 3.04. The minimum Gasteiger partial charge on any atom is -0.469 e. The van der Waals surface area contributed by atoms with E-state index in [1.54, 1.807) is 11.8 Å². The van der Waals surface area contributed by atoms with Crippen LogP contribution in [0.2, 0.25) is 0 Å². The van der Waals surface area contributed by atoms with Crippen LogP contribution in [0.5, 0.6) is 0 Å². The van der Waals surface area contributed by atoms with Gasteiger partial charge in [-0.3, -0.25) is 4.79 Å². The van der Waals surface area contributed by atoms with E-state index in [2.05, 4.69) is 4.74 Å². The molecule has 0 bridgehead atoms. The SMILES string of the molecule is COC(=O)C[C@H](O)c1ccccc1SC. The second-order valence-corrected chi connectivity index (χ2v) is 3.89. The zero-order valence-electron chi connectivity index (χ0n) is 8.77. The van der Waals surface area contributed by atoms with Crippen molar-refractivity contribution in [3.8, 4) is 0 Å². The first-order chi connectivity index (χ1) is 7.19. The van der Waals surface area contributed by atoms with Crippen LogP contribution in [0.3, 0.4) is 0 Å². The van der Waals surface area contributed by atoms with Crippen LogP contribution in [0, 0.1) is 0 Å². The number of hydrogen-bond donors (Lipinski definition) is 1. The predicted molar refractivity (Wildman–Crippen MR) is 59.8 cm³/mol. The molecule has 0 saturated heterocycles. The zero-order valence-corrected chi connectivity index (χ0v) is 9.58. The molecule has 0 spiro atoms. The maximum Gasteiger partial charge on any atom is 0.308 e. The number of carbonyl (C=O) groups is 1. The van der Waals surface area contributed by atoms with E-state index < -0.39 is 12.1 Å². The number of carbonyl (C=O) groups excluding carboxylic acids is 1. The standard InChI is InChI=1S/C11H14O3S/c1-14-11(13)7-9(12)8-5-3-4-6-10(8)15-2/h3-6,9,12H,7H2,1-2H3/t9-/m0/s1. The molecule has 0 aliphatic rings. The van der Waals surface area contributed by atoms with Crippen LogP contribution in [-0.2, 0) is 9.53 Å². The van der Waals surface area contributed by atoms with Crippen LogP contribution >= 0.6 is 11.8 Å². The monoisotopic (exact) mass is 226 g/mol. The molecule has 0 heterocycles. The van der Waals surface area contributed by atoms with E-state index in [1.807, 2.05) is 30.5 Å². The highest BCUT2D eigenvalue weighted by molar-refractivity contribution is 7.98. The molecule has 1 aromatic rings. The Hall–Kier alpha value is -1.00. The molecule has 4 heteroatoms. The maximum absolute atomic E-state index is 11.0. The quantitative estimate of drug-likeness (QED) is 0.630. The van der Waals surface area contributed by atoms with Crippen molar-refractivity contribution in [2.75, 3.05) is 13.4 Å². The summed E-state index contributed by atoms with van der Waals surface area (Å²) in [5.41, 5.74) is 0.774. The molecule has 0 fully saturated rings. The number of rotatable bonds is 4. The van der Waals surface area contributed by atoms with E-state index in [4.69, 9.17) is 0 Å². The highest BCUT2D eigenvalue weighted by Gasteiger charge is 2.15. The number of methoxy groups -OCH3 is 1. The van der Waals surface area contributed by atoms with Gasteiger partial charge in [-0.25, -0.2) is 0 Å². The summed E-state index contributed by atoms with van der Waals surface area (Å²) in [7, 11) is 1.32. The first-order valence-electron chi connectivity index (χ1n) is 4.56. The first-order valence-corrected chi connectivity index (χ1v) is 5.79. The van der Waals surface area contributed by atoms with E-state index in [9.17, 15) is 9.90 Å². The number of thioether (sulfide) groups is 1. The van der Waals surface area contributed by atoms with Crippen molar-refractivity contribution in [2.24, 2.45) is 0 Å². The predicted octanol–water partition coefficient (Wildman–Crippen LogP) is 2.00. The Kier molecular flexibility index (Phi) is 4.65. The number of esters is 1. The smallest absolute Gasteiger partial charge is 0.308 e. The van der Waals surface area contributed by atoms with Crippen molar-refractivity contribution < 1.29 is 14.6 Å². The highest BCUT2D eigenvalue weighted by atomic mass is 32.2. The zero-order chi connectivity index (χ0) is 11.3. The first kappa shape index (κ1) is 12.1. The fourth-order valence-corrected chi connectivity index (χ4v) is 1.95. The lowest BCUT2D eigenvalue weighted by Crippen LogP contribution is -2.08. The van der Waals surface area contributed by atoms with E-state index in [0.29, 0.717) is 0 Å². The molecule has 1 atom stereocenters. The molecular formula is C11H14O3S. The number of benzene rings is 1. The Morgan fingerprint density at radius 2 is 2.20 bits per heavy atom. The maximum atomic E-state index is 11.0. The lowest BCUT2D eigenvalue weighted by molar-refractivity contribution is -0.142. The Morgan fingerprint density at radius 3 is 2.80 bits per heavy atom. The molecule has 0 aliphatic heterocycles. The van der Waals surface area contributed by atoms with Crippen molar-refractivity contribution >= 4 is 17.7 Å². The molecule has 1 N–H and O–H groups in total. The van der Waals surface area contributed by atoms with Gasteiger partial charge in [-0.05, 0) is 17.9 Å². The molecule has 15 heavy (non-hydrogen) atoms. The minimum atomic E-state index is -0.791. The second kappa shape index (κ2) is 5.78. The molecule has 0 radical (unpaired) electrons. The molecule has 0 aromatic heterocycles. The summed E-state index contributed by atoms with van der Waals surface area (Å²) in [6, 6.07) is 7.48. The van der Waals surface area contributed by atoms with Crippen LogP contribution in [0.1, 0.15) is 18.1 Å². The molecule has 0 aliphatic carbocycles. The molecule has 3 nitrogen and oxygen atoms in total. The normalized spacial score (nSPS) is 12.2. The van der Waals surface area contributed by atoms with Gasteiger partial charge in [0.2, 0.25) is 0 Å². The van der Waals surface area contributed by atoms with Crippen molar-refractivity contribution in [3.05, 3.63) is 29.8 Å². The average Bonchev–Trinajstić information content (AvgIpc) is 2.28. The van der Waals surface area contributed by atoms with Crippen molar-refractivity contribution in [2.45, 2.75) is 17.4 Å². The summed E-state index contributed by atoms with van der Waals surface area (Å²) in [6.07, 6.45) is 1.14. The van der Waals surface area contributed by atoms with Crippen LogP contribution in [0.25, 0.3) is 0 Å². The lowest BCUT2D eigenvalue weighted by atomic mass is 10.1. The van der Waals surface area contributed by atoms with E-state index >= 15 is 0 Å². The molecule has 0 unspecified atom stereocenters. The molecule has 1 aromatic carbocycles. The molecule has 82 valence electrons. The average molecular weight is 226 g/mol. The van der Waals surface area contributed by atoms with Crippen LogP contribution < -0.4 is 0 Å². The van der Waals surface area contributed by atoms with Crippen molar-refractivity contribution in [1.82, 2.24) is 0 Å². The van der Waals surface area contributed by atoms with Crippen LogP contribution in [-0.4, -0.2) is 24.4 Å². The van der Waals surface area contributed by atoms with E-state index in [-0.39, 0.29) is 6.42 Å². The summed E-state index contributed by atoms with van der Waals surface area (Å²) in [5.74, 6) is -0.404. The lowest BCUT2D eigenvalue weighted by Gasteiger charge is -2.12. The summed E-state index contributed by atoms with van der Waals surface area (Å²) in [6.45, 7) is 0. The third kappa shape index (κ3) is 3.25. The summed E-state index contributed by atoms with van der Waals surface area (Å²) in [5, 5.41) is 9.82. The van der Waals surface area contributed by atoms with E-state index in [1.165, 1.54) is 7.11 Å². The number of aliphatic hydroxyl groups excluding tert-OH is 1.